The van der Waals surface area contributed by atoms with Crippen molar-refractivity contribution < 1.29 is 26.7 Å². The van der Waals surface area contributed by atoms with Gasteiger partial charge in [-0.25, -0.2) is 13.6 Å². The number of urea groups is 1. The lowest BCUT2D eigenvalue weighted by molar-refractivity contribution is -0.135. The van der Waals surface area contributed by atoms with Gasteiger partial charge in [0.25, 0.3) is 5.92 Å². The number of amides is 2. The molecule has 39 heavy (non-hydrogen) atoms. The van der Waals surface area contributed by atoms with Gasteiger partial charge in [0.1, 0.15) is 5.84 Å². The van der Waals surface area contributed by atoms with Crippen molar-refractivity contribution in [3.8, 4) is 0 Å². The molecule has 2 aromatic carbocycles. The molecule has 1 aliphatic rings. The second-order valence-electron chi connectivity index (χ2n) is 9.28. The second-order valence-corrected chi connectivity index (χ2v) is 9.69. The highest BCUT2D eigenvalue weighted by Gasteiger charge is 2.37. The van der Waals surface area contributed by atoms with Crippen molar-refractivity contribution in [1.29, 1.82) is 5.41 Å². The molecule has 1 saturated carbocycles. The Morgan fingerprint density at radius 2 is 1.85 bits per heavy atom. The normalized spacial score (nSPS) is 17.6. The Kier molecular flexibility index (Phi) is 9.71. The molecule has 4 N–H and O–H groups in total. The SMILES string of the molecule is Cc1ccc(C(=N)N(CCC(F)(F)F)C(=O)NC/C(N)=C2\CCC(F)(F)CC2=NCc2ccccc2Cl)cc1. The van der Waals surface area contributed by atoms with Crippen molar-refractivity contribution in [2.75, 3.05) is 13.1 Å². The molecule has 0 saturated heterocycles. The van der Waals surface area contributed by atoms with Gasteiger partial charge in [-0.2, -0.15) is 13.2 Å². The number of carbonyl (C=O) groups excluding carboxylic acids is 1. The van der Waals surface area contributed by atoms with Crippen molar-refractivity contribution in [1.82, 2.24) is 10.2 Å². The van der Waals surface area contributed by atoms with Gasteiger partial charge in [0, 0.05) is 35.0 Å². The van der Waals surface area contributed by atoms with E-state index in [-0.39, 0.29) is 36.5 Å². The molecule has 0 aliphatic heterocycles. The molecular weight excluding hydrogens is 541 g/mol. The smallest absolute Gasteiger partial charge is 0.390 e. The largest absolute Gasteiger partial charge is 0.400 e. The minimum Gasteiger partial charge on any atom is -0.400 e. The van der Waals surface area contributed by atoms with Gasteiger partial charge >= 0.3 is 12.2 Å². The Morgan fingerprint density at radius 1 is 1.18 bits per heavy atom. The van der Waals surface area contributed by atoms with Crippen LogP contribution in [-0.2, 0) is 6.54 Å². The summed E-state index contributed by atoms with van der Waals surface area (Å²) >= 11 is 6.15. The van der Waals surface area contributed by atoms with E-state index < -0.39 is 49.8 Å². The molecule has 0 aromatic heterocycles. The minimum atomic E-state index is -4.55. The molecule has 2 amide bonds. The number of hydrogen-bond acceptors (Lipinski definition) is 4. The molecule has 1 fully saturated rings. The zero-order chi connectivity index (χ0) is 28.8. The highest BCUT2D eigenvalue weighted by Crippen LogP contribution is 2.35. The Balaban J connectivity index is 1.79. The number of hydrogen-bond donors (Lipinski definition) is 3. The number of alkyl halides is 5. The minimum absolute atomic E-state index is 0.0488. The van der Waals surface area contributed by atoms with Crippen molar-refractivity contribution in [3.05, 3.63) is 81.5 Å². The number of allylic oxidation sites excluding steroid dienone is 1. The standard InChI is InChI=1S/C27H29ClF5N5O/c1-17-6-8-18(9-7-17)24(35)38(13-12-27(31,32)33)25(39)37-16-22(34)20-10-11-26(29,30)14-23(20)36-15-19-4-2-3-5-21(19)28/h2-9,35H,10-16,34H2,1H3,(H,37,39)/b22-20-,35-24?,36-23?. The van der Waals surface area contributed by atoms with Gasteiger partial charge < -0.3 is 11.1 Å². The average Bonchev–Trinajstić information content (AvgIpc) is 2.86. The molecule has 0 spiro atoms. The number of nitrogens with one attached hydrogen (secondary N) is 2. The van der Waals surface area contributed by atoms with E-state index in [1.54, 1.807) is 36.4 Å². The Morgan fingerprint density at radius 3 is 2.49 bits per heavy atom. The molecule has 6 nitrogen and oxygen atoms in total. The molecule has 2 aromatic rings. The summed E-state index contributed by atoms with van der Waals surface area (Å²) in [6.45, 7) is 0.752. The van der Waals surface area contributed by atoms with Crippen LogP contribution in [0.5, 0.6) is 0 Å². The first-order chi connectivity index (χ1) is 18.3. The van der Waals surface area contributed by atoms with E-state index in [4.69, 9.17) is 22.7 Å². The fourth-order valence-electron chi connectivity index (χ4n) is 3.99. The van der Waals surface area contributed by atoms with Gasteiger partial charge in [0.05, 0.1) is 25.9 Å². The van der Waals surface area contributed by atoms with Crippen molar-refractivity contribution in [2.45, 2.75) is 51.3 Å². The molecule has 3 rings (SSSR count). The van der Waals surface area contributed by atoms with Crippen LogP contribution >= 0.6 is 11.6 Å². The van der Waals surface area contributed by atoms with Crippen LogP contribution < -0.4 is 11.1 Å². The van der Waals surface area contributed by atoms with Crippen LogP contribution in [0.4, 0.5) is 26.7 Å². The van der Waals surface area contributed by atoms with E-state index in [0.717, 1.165) is 5.56 Å². The van der Waals surface area contributed by atoms with Gasteiger partial charge in [-0.3, -0.25) is 15.3 Å². The fourth-order valence-corrected chi connectivity index (χ4v) is 4.19. The summed E-state index contributed by atoms with van der Waals surface area (Å²) in [6, 6.07) is 12.3. The van der Waals surface area contributed by atoms with E-state index >= 15 is 0 Å². The number of benzene rings is 2. The number of aryl methyl sites for hydroxylation is 1. The number of nitrogens with zero attached hydrogens (tertiary/aromatic N) is 2. The highest BCUT2D eigenvalue weighted by molar-refractivity contribution is 6.31. The number of rotatable bonds is 7. The van der Waals surface area contributed by atoms with E-state index in [1.807, 2.05) is 6.92 Å². The van der Waals surface area contributed by atoms with Crippen molar-refractivity contribution in [3.63, 3.8) is 0 Å². The molecule has 0 atom stereocenters. The molecular formula is C27H29ClF5N5O. The summed E-state index contributed by atoms with van der Waals surface area (Å²) < 4.78 is 67.2. The van der Waals surface area contributed by atoms with E-state index in [0.29, 0.717) is 21.1 Å². The van der Waals surface area contributed by atoms with E-state index in [1.165, 1.54) is 12.1 Å². The zero-order valence-electron chi connectivity index (χ0n) is 21.2. The maximum atomic E-state index is 14.2. The molecule has 0 unspecified atom stereocenters. The number of aliphatic imine (C=N–C) groups is 1. The first kappa shape index (κ1) is 30.1. The summed E-state index contributed by atoms with van der Waals surface area (Å²) in [5, 5.41) is 11.2. The maximum absolute atomic E-state index is 14.2. The van der Waals surface area contributed by atoms with Gasteiger partial charge in [-0.1, -0.05) is 59.6 Å². The predicted octanol–water partition coefficient (Wildman–Crippen LogP) is 6.61. The second kappa shape index (κ2) is 12.6. The van der Waals surface area contributed by atoms with Crippen LogP contribution in [0.3, 0.4) is 0 Å². The monoisotopic (exact) mass is 569 g/mol. The molecule has 0 radical (unpaired) electrons. The van der Waals surface area contributed by atoms with Crippen LogP contribution in [0.15, 0.2) is 64.8 Å². The summed E-state index contributed by atoms with van der Waals surface area (Å²) in [6.07, 6.45) is -7.06. The maximum Gasteiger partial charge on any atom is 0.390 e. The number of amidine groups is 1. The van der Waals surface area contributed by atoms with Crippen LogP contribution in [0.2, 0.25) is 5.02 Å². The number of halogens is 6. The van der Waals surface area contributed by atoms with E-state index in [2.05, 4.69) is 10.3 Å². The zero-order valence-corrected chi connectivity index (χ0v) is 22.0. The van der Waals surface area contributed by atoms with Gasteiger partial charge in [0.15, 0.2) is 0 Å². The van der Waals surface area contributed by atoms with Gasteiger partial charge in [-0.05, 0) is 30.5 Å². The topological polar surface area (TPSA) is 94.6 Å². The lowest BCUT2D eigenvalue weighted by atomic mass is 9.88. The van der Waals surface area contributed by atoms with Crippen LogP contribution in [0.1, 0.15) is 42.4 Å². The van der Waals surface area contributed by atoms with Crippen LogP contribution in [0, 0.1) is 12.3 Å². The first-order valence-electron chi connectivity index (χ1n) is 12.2. The van der Waals surface area contributed by atoms with Gasteiger partial charge in [-0.15, -0.1) is 0 Å². The molecule has 1 aliphatic carbocycles. The quantitative estimate of drug-likeness (QED) is 0.199. The molecule has 210 valence electrons. The molecule has 0 heterocycles. The predicted molar refractivity (Wildman–Crippen MR) is 141 cm³/mol. The fraction of sp³-hybridized carbons (Fsp3) is 0.370. The number of carbonyl (C=O) groups is 1. The van der Waals surface area contributed by atoms with Gasteiger partial charge in [0.2, 0.25) is 0 Å². The summed E-state index contributed by atoms with van der Waals surface area (Å²) in [7, 11) is 0. The third kappa shape index (κ3) is 8.77. The summed E-state index contributed by atoms with van der Waals surface area (Å²) in [4.78, 5) is 17.9. The molecule has 12 heteroatoms. The van der Waals surface area contributed by atoms with E-state index in [9.17, 15) is 26.7 Å². The van der Waals surface area contributed by atoms with Crippen LogP contribution in [0.25, 0.3) is 0 Å². The lowest BCUT2D eigenvalue weighted by Crippen LogP contribution is -2.46. The van der Waals surface area contributed by atoms with Crippen LogP contribution in [-0.4, -0.2) is 47.7 Å². The summed E-state index contributed by atoms with van der Waals surface area (Å²) in [5.74, 6) is -3.40. The first-order valence-corrected chi connectivity index (χ1v) is 12.5. The third-order valence-electron chi connectivity index (χ3n) is 6.19. The number of nitrogens with two attached hydrogens (primary N) is 1. The van der Waals surface area contributed by atoms with Crippen molar-refractivity contribution >= 4 is 29.2 Å². The Bertz CT molecular complexity index is 1260. The highest BCUT2D eigenvalue weighted by atomic mass is 35.5. The van der Waals surface area contributed by atoms with Crippen molar-refractivity contribution in [2.24, 2.45) is 10.7 Å². The summed E-state index contributed by atoms with van der Waals surface area (Å²) in [5.41, 5.74) is 8.46. The Labute approximate surface area is 228 Å². The third-order valence-corrected chi connectivity index (χ3v) is 6.56. The lowest BCUT2D eigenvalue weighted by Gasteiger charge is -2.28. The Hall–Kier alpha value is -3.47. The molecule has 0 bridgehead atoms. The average molecular weight is 570 g/mol.